The van der Waals surface area contributed by atoms with E-state index in [1.54, 1.807) is 8.61 Å². The van der Waals surface area contributed by atoms with E-state index >= 15 is 0 Å². The summed E-state index contributed by atoms with van der Waals surface area (Å²) >= 11 is 0. The Morgan fingerprint density at radius 2 is 1.88 bits per heavy atom. The Hall–Kier alpha value is -0.960. The lowest BCUT2D eigenvalue weighted by Gasteiger charge is -2.34. The summed E-state index contributed by atoms with van der Waals surface area (Å²) in [5.41, 5.74) is 0. The van der Waals surface area contributed by atoms with Gasteiger partial charge in [-0.15, -0.1) is 0 Å². The molecule has 25 heavy (non-hydrogen) atoms. The van der Waals surface area contributed by atoms with Crippen LogP contribution in [-0.2, 0) is 16.8 Å². The third-order valence-electron chi connectivity index (χ3n) is 5.22. The number of hydrogen-bond donors (Lipinski definition) is 0. The lowest BCUT2D eigenvalue weighted by Crippen LogP contribution is -2.46. The predicted octanol–water partition coefficient (Wildman–Crippen LogP) is 1.35. The molecule has 2 saturated heterocycles. The maximum atomic E-state index is 12.9. The van der Waals surface area contributed by atoms with Crippen LogP contribution in [0, 0.1) is 0 Å². The lowest BCUT2D eigenvalue weighted by atomic mass is 9.99. The van der Waals surface area contributed by atoms with E-state index < -0.39 is 10.2 Å². The fourth-order valence-corrected chi connectivity index (χ4v) is 5.65. The van der Waals surface area contributed by atoms with Gasteiger partial charge >= 0.3 is 0 Å². The van der Waals surface area contributed by atoms with Gasteiger partial charge in [-0.3, -0.25) is 0 Å². The van der Waals surface area contributed by atoms with Crippen molar-refractivity contribution in [3.05, 3.63) is 18.2 Å². The number of nitrogens with zero attached hydrogens (tertiary/aromatic N) is 5. The molecule has 1 aromatic rings. The van der Waals surface area contributed by atoms with E-state index in [1.165, 1.54) is 0 Å². The Morgan fingerprint density at radius 1 is 1.16 bits per heavy atom. The Kier molecular flexibility index (Phi) is 6.14. The molecule has 0 radical (unpaired) electrons. The molecule has 142 valence electrons. The number of rotatable bonds is 7. The van der Waals surface area contributed by atoms with Crippen LogP contribution in [-0.4, -0.2) is 78.3 Å². The first-order valence-corrected chi connectivity index (χ1v) is 10.8. The molecule has 2 aliphatic heterocycles. The maximum absolute atomic E-state index is 12.9. The van der Waals surface area contributed by atoms with Crippen molar-refractivity contribution in [3.8, 4) is 0 Å². The van der Waals surface area contributed by atoms with Crippen LogP contribution in [0.25, 0.3) is 0 Å². The molecule has 3 heterocycles. The zero-order chi connectivity index (χ0) is 17.9. The molecule has 0 saturated carbocycles. The molecule has 1 aromatic heterocycles. The highest BCUT2D eigenvalue weighted by molar-refractivity contribution is 7.86. The molecule has 2 aliphatic rings. The van der Waals surface area contributed by atoms with Gasteiger partial charge in [-0.05, 0) is 52.7 Å². The molecule has 8 heteroatoms. The molecule has 0 N–H and O–H groups in total. The number of hydrogen-bond acceptors (Lipinski definition) is 4. The van der Waals surface area contributed by atoms with E-state index in [9.17, 15) is 8.42 Å². The molecule has 0 bridgehead atoms. The molecular formula is C17H31N5O2S. The summed E-state index contributed by atoms with van der Waals surface area (Å²) in [5, 5.41) is 0. The van der Waals surface area contributed by atoms with Gasteiger partial charge in [0.05, 0.1) is 0 Å². The van der Waals surface area contributed by atoms with Crippen molar-refractivity contribution in [3.63, 3.8) is 0 Å². The summed E-state index contributed by atoms with van der Waals surface area (Å²) in [5.74, 6) is 1.24. The molecule has 0 aliphatic carbocycles. The first kappa shape index (κ1) is 18.8. The van der Waals surface area contributed by atoms with Crippen LogP contribution < -0.4 is 0 Å². The molecular weight excluding hydrogens is 338 g/mol. The highest BCUT2D eigenvalue weighted by Gasteiger charge is 2.36. The van der Waals surface area contributed by atoms with Gasteiger partial charge in [0.25, 0.3) is 10.2 Å². The van der Waals surface area contributed by atoms with Crippen LogP contribution in [0.5, 0.6) is 0 Å². The van der Waals surface area contributed by atoms with Gasteiger partial charge in [-0.2, -0.15) is 17.0 Å². The number of aromatic nitrogens is 2. The zero-order valence-electron chi connectivity index (χ0n) is 15.5. The second-order valence-electron chi connectivity index (χ2n) is 7.45. The standard InChI is InChI=1S/C17H31N5O2S/c1-19(2)9-6-10-20-14-8-18-17(20)16-7-5-13-22(15-16)25(23,24)21-11-3-4-12-21/h8,14,16H,3-7,9-13,15H2,1-2H3/t16-/m1/s1. The second kappa shape index (κ2) is 8.16. The summed E-state index contributed by atoms with van der Waals surface area (Å²) < 4.78 is 31.3. The van der Waals surface area contributed by atoms with Gasteiger partial charge in [0.2, 0.25) is 0 Å². The molecule has 2 fully saturated rings. The molecule has 7 nitrogen and oxygen atoms in total. The Morgan fingerprint density at radius 3 is 2.60 bits per heavy atom. The summed E-state index contributed by atoms with van der Waals surface area (Å²) in [4.78, 5) is 6.75. The minimum Gasteiger partial charge on any atom is -0.335 e. The van der Waals surface area contributed by atoms with E-state index in [2.05, 4.69) is 28.5 Å². The van der Waals surface area contributed by atoms with Crippen molar-refractivity contribution < 1.29 is 8.42 Å². The molecule has 0 aromatic carbocycles. The zero-order valence-corrected chi connectivity index (χ0v) is 16.3. The second-order valence-corrected chi connectivity index (χ2v) is 9.38. The van der Waals surface area contributed by atoms with Crippen LogP contribution in [0.1, 0.15) is 43.8 Å². The summed E-state index contributed by atoms with van der Waals surface area (Å²) in [6.45, 7) is 4.51. The van der Waals surface area contributed by atoms with Crippen LogP contribution >= 0.6 is 0 Å². The van der Waals surface area contributed by atoms with Crippen molar-refractivity contribution in [2.45, 2.75) is 44.6 Å². The smallest absolute Gasteiger partial charge is 0.281 e. The minimum atomic E-state index is -3.30. The maximum Gasteiger partial charge on any atom is 0.281 e. The van der Waals surface area contributed by atoms with Gasteiger partial charge in [0.1, 0.15) is 5.82 Å². The molecule has 3 rings (SSSR count). The molecule has 1 atom stereocenters. The van der Waals surface area contributed by atoms with Gasteiger partial charge in [-0.25, -0.2) is 4.98 Å². The third kappa shape index (κ3) is 4.42. The fraction of sp³-hybridized carbons (Fsp3) is 0.824. The van der Waals surface area contributed by atoms with Crippen LogP contribution in [0.3, 0.4) is 0 Å². The van der Waals surface area contributed by atoms with E-state index in [-0.39, 0.29) is 5.92 Å². The quantitative estimate of drug-likeness (QED) is 0.728. The van der Waals surface area contributed by atoms with Gasteiger partial charge in [-0.1, -0.05) is 0 Å². The van der Waals surface area contributed by atoms with E-state index in [4.69, 9.17) is 0 Å². The van der Waals surface area contributed by atoms with Gasteiger partial charge in [0, 0.05) is 51.0 Å². The van der Waals surface area contributed by atoms with Crippen molar-refractivity contribution in [2.75, 3.05) is 46.8 Å². The van der Waals surface area contributed by atoms with Crippen molar-refractivity contribution in [2.24, 2.45) is 0 Å². The number of aryl methyl sites for hydroxylation is 1. The Balaban J connectivity index is 1.66. The average Bonchev–Trinajstić information content (AvgIpc) is 3.27. The summed E-state index contributed by atoms with van der Waals surface area (Å²) in [7, 11) is 0.857. The minimum absolute atomic E-state index is 0.195. The van der Waals surface area contributed by atoms with Crippen LogP contribution in [0.15, 0.2) is 12.4 Å². The fourth-order valence-electron chi connectivity index (χ4n) is 3.87. The van der Waals surface area contributed by atoms with Crippen molar-refractivity contribution >= 4 is 10.2 Å². The SMILES string of the molecule is CN(C)CCCn1ccnc1[C@@H]1CCCN(S(=O)(=O)N2CCCC2)C1. The Bertz CT molecular complexity index is 652. The topological polar surface area (TPSA) is 61.7 Å². The van der Waals surface area contributed by atoms with E-state index in [1.807, 2.05) is 12.4 Å². The highest BCUT2D eigenvalue weighted by atomic mass is 32.2. The summed E-state index contributed by atoms with van der Waals surface area (Å²) in [6.07, 6.45) is 8.81. The number of piperidine rings is 1. The highest BCUT2D eigenvalue weighted by Crippen LogP contribution is 2.29. The normalized spacial score (nSPS) is 23.6. The van der Waals surface area contributed by atoms with Crippen molar-refractivity contribution in [1.29, 1.82) is 0 Å². The molecule has 0 spiro atoms. The predicted molar refractivity (Wildman–Crippen MR) is 98.7 cm³/mol. The first-order chi connectivity index (χ1) is 12.0. The lowest BCUT2D eigenvalue weighted by molar-refractivity contribution is 0.283. The summed E-state index contributed by atoms with van der Waals surface area (Å²) in [6, 6.07) is 0. The van der Waals surface area contributed by atoms with Gasteiger partial charge in [0.15, 0.2) is 0 Å². The van der Waals surface area contributed by atoms with Gasteiger partial charge < -0.3 is 9.47 Å². The van der Waals surface area contributed by atoms with Crippen LogP contribution in [0.4, 0.5) is 0 Å². The molecule has 0 unspecified atom stereocenters. The van der Waals surface area contributed by atoms with E-state index in [0.717, 1.165) is 51.0 Å². The average molecular weight is 370 g/mol. The Labute approximate surface area is 151 Å². The number of imidazole rings is 1. The van der Waals surface area contributed by atoms with Crippen molar-refractivity contribution in [1.82, 2.24) is 23.1 Å². The van der Waals surface area contributed by atoms with E-state index in [0.29, 0.717) is 26.2 Å². The first-order valence-electron chi connectivity index (χ1n) is 9.39. The van der Waals surface area contributed by atoms with Crippen LogP contribution in [0.2, 0.25) is 0 Å². The monoisotopic (exact) mass is 369 g/mol. The molecule has 0 amide bonds. The largest absolute Gasteiger partial charge is 0.335 e. The third-order valence-corrected chi connectivity index (χ3v) is 7.22.